The first-order valence-electron chi connectivity index (χ1n) is 6.00. The van der Waals surface area contributed by atoms with Gasteiger partial charge in [-0.3, -0.25) is 4.68 Å². The SMILES string of the molecule is Cc1nccc(Nc2cnn(C3CCOC3)c2)n1. The quantitative estimate of drug-likeness (QED) is 0.891. The first-order valence-corrected chi connectivity index (χ1v) is 6.00. The molecule has 1 unspecified atom stereocenters. The van der Waals surface area contributed by atoms with Gasteiger partial charge < -0.3 is 10.1 Å². The molecule has 0 amide bonds. The standard InChI is InChI=1S/C12H15N5O/c1-9-13-4-2-12(15-9)16-10-6-14-17(7-10)11-3-5-18-8-11/h2,4,6-7,11H,3,5,8H2,1H3,(H,13,15,16). The zero-order valence-electron chi connectivity index (χ0n) is 10.2. The summed E-state index contributed by atoms with van der Waals surface area (Å²) in [6.07, 6.45) is 6.54. The van der Waals surface area contributed by atoms with Gasteiger partial charge in [-0.1, -0.05) is 0 Å². The van der Waals surface area contributed by atoms with Crippen molar-refractivity contribution in [3.63, 3.8) is 0 Å². The molecule has 0 radical (unpaired) electrons. The fourth-order valence-corrected chi connectivity index (χ4v) is 2.01. The Bertz CT molecular complexity index is 533. The number of aryl methyl sites for hydroxylation is 1. The molecule has 2 aromatic rings. The Balaban J connectivity index is 1.73. The zero-order valence-corrected chi connectivity index (χ0v) is 10.2. The molecule has 1 saturated heterocycles. The second-order valence-electron chi connectivity index (χ2n) is 4.34. The van der Waals surface area contributed by atoms with E-state index >= 15 is 0 Å². The average molecular weight is 245 g/mol. The van der Waals surface area contributed by atoms with Gasteiger partial charge in [0, 0.05) is 19.0 Å². The lowest BCUT2D eigenvalue weighted by atomic mass is 10.3. The summed E-state index contributed by atoms with van der Waals surface area (Å²) in [4.78, 5) is 8.35. The van der Waals surface area contributed by atoms with Crippen LogP contribution in [0.25, 0.3) is 0 Å². The van der Waals surface area contributed by atoms with Crippen LogP contribution in [0.2, 0.25) is 0 Å². The summed E-state index contributed by atoms with van der Waals surface area (Å²) in [7, 11) is 0. The third kappa shape index (κ3) is 2.33. The van der Waals surface area contributed by atoms with Crippen LogP contribution < -0.4 is 5.32 Å². The van der Waals surface area contributed by atoms with Crippen molar-refractivity contribution in [3.05, 3.63) is 30.5 Å². The van der Waals surface area contributed by atoms with Crippen molar-refractivity contribution in [2.75, 3.05) is 18.5 Å². The lowest BCUT2D eigenvalue weighted by Gasteiger charge is -2.07. The molecule has 6 heteroatoms. The van der Waals surface area contributed by atoms with Crippen molar-refractivity contribution in [1.82, 2.24) is 19.7 Å². The van der Waals surface area contributed by atoms with Crippen LogP contribution in [0.3, 0.4) is 0 Å². The van der Waals surface area contributed by atoms with Crippen LogP contribution >= 0.6 is 0 Å². The van der Waals surface area contributed by atoms with Crippen LogP contribution in [0, 0.1) is 6.92 Å². The van der Waals surface area contributed by atoms with Gasteiger partial charge >= 0.3 is 0 Å². The van der Waals surface area contributed by atoms with Gasteiger partial charge in [0.1, 0.15) is 11.6 Å². The number of nitrogens with zero attached hydrogens (tertiary/aromatic N) is 4. The molecule has 3 heterocycles. The molecule has 0 aromatic carbocycles. The molecule has 2 aromatic heterocycles. The summed E-state index contributed by atoms with van der Waals surface area (Å²) in [5.41, 5.74) is 0.931. The summed E-state index contributed by atoms with van der Waals surface area (Å²) in [5.74, 6) is 1.53. The first-order chi connectivity index (χ1) is 8.81. The summed E-state index contributed by atoms with van der Waals surface area (Å²) >= 11 is 0. The van der Waals surface area contributed by atoms with Crippen LogP contribution in [0.4, 0.5) is 11.5 Å². The lowest BCUT2D eigenvalue weighted by Crippen LogP contribution is -2.08. The second-order valence-corrected chi connectivity index (χ2v) is 4.34. The third-order valence-electron chi connectivity index (χ3n) is 2.93. The lowest BCUT2D eigenvalue weighted by molar-refractivity contribution is 0.184. The highest BCUT2D eigenvalue weighted by molar-refractivity contribution is 5.53. The van der Waals surface area contributed by atoms with Gasteiger partial charge in [-0.15, -0.1) is 0 Å². The molecule has 1 aliphatic rings. The second kappa shape index (κ2) is 4.73. The van der Waals surface area contributed by atoms with Gasteiger partial charge in [-0.2, -0.15) is 5.10 Å². The molecular weight excluding hydrogens is 230 g/mol. The van der Waals surface area contributed by atoms with E-state index in [4.69, 9.17) is 4.74 Å². The highest BCUT2D eigenvalue weighted by Crippen LogP contribution is 2.21. The molecule has 0 spiro atoms. The molecule has 1 atom stereocenters. The van der Waals surface area contributed by atoms with E-state index in [2.05, 4.69) is 20.4 Å². The topological polar surface area (TPSA) is 64.9 Å². The molecule has 0 aliphatic carbocycles. The van der Waals surface area contributed by atoms with Gasteiger partial charge in [0.2, 0.25) is 0 Å². The average Bonchev–Trinajstić information content (AvgIpc) is 2.98. The van der Waals surface area contributed by atoms with Crippen molar-refractivity contribution in [2.24, 2.45) is 0 Å². The van der Waals surface area contributed by atoms with Gasteiger partial charge in [0.15, 0.2) is 0 Å². The molecule has 94 valence electrons. The predicted octanol–water partition coefficient (Wildman–Crippen LogP) is 1.69. The molecule has 6 nitrogen and oxygen atoms in total. The monoisotopic (exact) mass is 245 g/mol. The van der Waals surface area contributed by atoms with E-state index in [1.807, 2.05) is 23.9 Å². The highest BCUT2D eigenvalue weighted by Gasteiger charge is 2.18. The smallest absolute Gasteiger partial charge is 0.134 e. The van der Waals surface area contributed by atoms with E-state index < -0.39 is 0 Å². The molecule has 0 saturated carbocycles. The third-order valence-corrected chi connectivity index (χ3v) is 2.93. The van der Waals surface area contributed by atoms with Crippen molar-refractivity contribution in [3.8, 4) is 0 Å². The Morgan fingerprint density at radius 3 is 3.22 bits per heavy atom. The van der Waals surface area contributed by atoms with Crippen molar-refractivity contribution in [2.45, 2.75) is 19.4 Å². The number of rotatable bonds is 3. The van der Waals surface area contributed by atoms with E-state index in [1.165, 1.54) is 0 Å². The fourth-order valence-electron chi connectivity index (χ4n) is 2.01. The Morgan fingerprint density at radius 1 is 1.50 bits per heavy atom. The molecular formula is C12H15N5O. The molecule has 3 rings (SSSR count). The van der Waals surface area contributed by atoms with Crippen LogP contribution in [-0.4, -0.2) is 33.0 Å². The minimum atomic E-state index is 0.354. The van der Waals surface area contributed by atoms with Crippen molar-refractivity contribution >= 4 is 11.5 Å². The zero-order chi connectivity index (χ0) is 12.4. The summed E-state index contributed by atoms with van der Waals surface area (Å²) < 4.78 is 7.30. The largest absolute Gasteiger partial charge is 0.379 e. The Morgan fingerprint density at radius 2 is 2.44 bits per heavy atom. The number of ether oxygens (including phenoxy) is 1. The van der Waals surface area contributed by atoms with E-state index in [-0.39, 0.29) is 0 Å². The molecule has 18 heavy (non-hydrogen) atoms. The maximum Gasteiger partial charge on any atom is 0.134 e. The Hall–Kier alpha value is -1.95. The summed E-state index contributed by atoms with van der Waals surface area (Å²) in [5, 5.41) is 7.56. The Kier molecular flexibility index (Phi) is 2.93. The first kappa shape index (κ1) is 11.2. The number of aromatic nitrogens is 4. The summed E-state index contributed by atoms with van der Waals surface area (Å²) in [6, 6.07) is 2.19. The van der Waals surface area contributed by atoms with E-state index in [9.17, 15) is 0 Å². The van der Waals surface area contributed by atoms with Crippen LogP contribution in [0.15, 0.2) is 24.7 Å². The fraction of sp³-hybridized carbons (Fsp3) is 0.417. The van der Waals surface area contributed by atoms with Crippen molar-refractivity contribution < 1.29 is 4.74 Å². The minimum Gasteiger partial charge on any atom is -0.379 e. The molecule has 1 fully saturated rings. The summed E-state index contributed by atoms with van der Waals surface area (Å²) in [6.45, 7) is 3.43. The molecule has 0 bridgehead atoms. The van der Waals surface area contributed by atoms with Crippen LogP contribution in [-0.2, 0) is 4.74 Å². The Labute approximate surface area is 105 Å². The van der Waals surface area contributed by atoms with E-state index in [1.54, 1.807) is 12.4 Å². The number of hydrogen-bond donors (Lipinski definition) is 1. The maximum atomic E-state index is 5.35. The van der Waals surface area contributed by atoms with Crippen LogP contribution in [0.1, 0.15) is 18.3 Å². The normalized spacial score (nSPS) is 19.1. The van der Waals surface area contributed by atoms with E-state index in [0.29, 0.717) is 6.04 Å². The number of anilines is 2. The molecule has 1 N–H and O–H groups in total. The van der Waals surface area contributed by atoms with Gasteiger partial charge in [0.25, 0.3) is 0 Å². The number of nitrogens with one attached hydrogen (secondary N) is 1. The van der Waals surface area contributed by atoms with Crippen molar-refractivity contribution in [1.29, 1.82) is 0 Å². The predicted molar refractivity (Wildman–Crippen MR) is 66.8 cm³/mol. The van der Waals surface area contributed by atoms with Crippen LogP contribution in [0.5, 0.6) is 0 Å². The van der Waals surface area contributed by atoms with Gasteiger partial charge in [-0.05, 0) is 19.4 Å². The minimum absolute atomic E-state index is 0.354. The molecule has 1 aliphatic heterocycles. The van der Waals surface area contributed by atoms with Gasteiger partial charge in [0.05, 0.1) is 24.5 Å². The highest BCUT2D eigenvalue weighted by atomic mass is 16.5. The number of hydrogen-bond acceptors (Lipinski definition) is 5. The van der Waals surface area contributed by atoms with Gasteiger partial charge in [-0.25, -0.2) is 9.97 Å². The maximum absolute atomic E-state index is 5.35. The van der Waals surface area contributed by atoms with E-state index in [0.717, 1.165) is 37.0 Å².